The molecule has 0 bridgehead atoms. The first-order valence-corrected chi connectivity index (χ1v) is 7.11. The number of nitrogens with zero attached hydrogens (tertiary/aromatic N) is 1. The number of carbonyl (C=O) groups is 1. The molecule has 17 heavy (non-hydrogen) atoms. The Bertz CT molecular complexity index is 279. The van der Waals surface area contributed by atoms with Gasteiger partial charge in [-0.15, -0.1) is 0 Å². The highest BCUT2D eigenvalue weighted by Gasteiger charge is 2.29. The molecule has 0 aromatic carbocycles. The Balaban J connectivity index is 1.82. The second-order valence-electron chi connectivity index (χ2n) is 6.29. The minimum absolute atomic E-state index is 0.167. The van der Waals surface area contributed by atoms with Gasteiger partial charge in [0.05, 0.1) is 0 Å². The maximum atomic E-state index is 12.1. The number of amides is 2. The molecule has 3 nitrogen and oxygen atoms in total. The van der Waals surface area contributed by atoms with E-state index in [1.54, 1.807) is 0 Å². The fourth-order valence-electron chi connectivity index (χ4n) is 3.25. The Labute approximate surface area is 105 Å². The molecular formula is C14H26N2O. The molecule has 98 valence electrons. The predicted molar refractivity (Wildman–Crippen MR) is 69.9 cm³/mol. The standard InChI is InChI=1S/C14H26N2O/c1-10-4-5-13(12(3)8-10)15-14(17)16-7-6-11(2)9-16/h10-13H,4-9H2,1-3H3,(H,15,17). The van der Waals surface area contributed by atoms with Crippen LogP contribution >= 0.6 is 0 Å². The second-order valence-corrected chi connectivity index (χ2v) is 6.29. The number of hydrogen-bond acceptors (Lipinski definition) is 1. The summed E-state index contributed by atoms with van der Waals surface area (Å²) < 4.78 is 0. The first kappa shape index (κ1) is 12.7. The largest absolute Gasteiger partial charge is 0.335 e. The van der Waals surface area contributed by atoms with E-state index in [2.05, 4.69) is 26.1 Å². The van der Waals surface area contributed by atoms with Crippen LogP contribution in [-0.4, -0.2) is 30.1 Å². The highest BCUT2D eigenvalue weighted by atomic mass is 16.2. The van der Waals surface area contributed by atoms with Crippen LogP contribution < -0.4 is 5.32 Å². The molecule has 2 fully saturated rings. The van der Waals surface area contributed by atoms with Gasteiger partial charge >= 0.3 is 6.03 Å². The van der Waals surface area contributed by atoms with Crippen LogP contribution in [0.3, 0.4) is 0 Å². The molecule has 0 aromatic heterocycles. The molecular weight excluding hydrogens is 212 g/mol. The second kappa shape index (κ2) is 5.28. The van der Waals surface area contributed by atoms with E-state index in [1.165, 1.54) is 12.8 Å². The molecule has 1 heterocycles. The topological polar surface area (TPSA) is 32.3 Å². The number of urea groups is 1. The highest BCUT2D eigenvalue weighted by molar-refractivity contribution is 5.74. The van der Waals surface area contributed by atoms with Gasteiger partial charge in [-0.25, -0.2) is 4.79 Å². The normalized spacial score (nSPS) is 38.2. The zero-order chi connectivity index (χ0) is 12.4. The van der Waals surface area contributed by atoms with E-state index >= 15 is 0 Å². The van der Waals surface area contributed by atoms with E-state index in [1.807, 2.05) is 4.90 Å². The summed E-state index contributed by atoms with van der Waals surface area (Å²) in [5.74, 6) is 2.12. The van der Waals surface area contributed by atoms with Crippen LogP contribution in [0, 0.1) is 17.8 Å². The third-order valence-electron chi connectivity index (χ3n) is 4.45. The lowest BCUT2D eigenvalue weighted by Crippen LogP contribution is -2.48. The molecule has 2 amide bonds. The molecule has 0 aromatic rings. The highest BCUT2D eigenvalue weighted by Crippen LogP contribution is 2.28. The summed E-state index contributed by atoms with van der Waals surface area (Å²) in [6, 6.07) is 0.565. The quantitative estimate of drug-likeness (QED) is 0.748. The molecule has 0 spiro atoms. The van der Waals surface area contributed by atoms with E-state index in [4.69, 9.17) is 0 Å². The number of hydrogen-bond donors (Lipinski definition) is 1. The van der Waals surface area contributed by atoms with E-state index in [0.29, 0.717) is 17.9 Å². The molecule has 1 saturated heterocycles. The Hall–Kier alpha value is -0.730. The minimum Gasteiger partial charge on any atom is -0.335 e. The van der Waals surface area contributed by atoms with Crippen molar-refractivity contribution in [3.8, 4) is 0 Å². The minimum atomic E-state index is 0.167. The smallest absolute Gasteiger partial charge is 0.317 e. The lowest BCUT2D eigenvalue weighted by atomic mass is 9.80. The van der Waals surface area contributed by atoms with Gasteiger partial charge in [0.15, 0.2) is 0 Å². The maximum absolute atomic E-state index is 12.1. The van der Waals surface area contributed by atoms with Crippen LogP contribution in [0.25, 0.3) is 0 Å². The summed E-state index contributed by atoms with van der Waals surface area (Å²) in [7, 11) is 0. The molecule has 4 unspecified atom stereocenters. The molecule has 3 heteroatoms. The van der Waals surface area contributed by atoms with Crippen LogP contribution in [-0.2, 0) is 0 Å². The van der Waals surface area contributed by atoms with Crippen LogP contribution in [0.1, 0.15) is 46.5 Å². The molecule has 1 aliphatic carbocycles. The van der Waals surface area contributed by atoms with Gasteiger partial charge in [-0.2, -0.15) is 0 Å². The molecule has 1 saturated carbocycles. The van der Waals surface area contributed by atoms with Gasteiger partial charge in [0.2, 0.25) is 0 Å². The fourth-order valence-corrected chi connectivity index (χ4v) is 3.25. The van der Waals surface area contributed by atoms with Gasteiger partial charge in [-0.05, 0) is 43.4 Å². The van der Waals surface area contributed by atoms with Gasteiger partial charge < -0.3 is 10.2 Å². The molecule has 1 N–H and O–H groups in total. The Morgan fingerprint density at radius 3 is 2.47 bits per heavy atom. The van der Waals surface area contributed by atoms with Crippen LogP contribution in [0.4, 0.5) is 4.79 Å². The van der Waals surface area contributed by atoms with E-state index in [9.17, 15) is 4.79 Å². The average Bonchev–Trinajstić information content (AvgIpc) is 2.69. The maximum Gasteiger partial charge on any atom is 0.317 e. The van der Waals surface area contributed by atoms with E-state index in [0.717, 1.165) is 31.8 Å². The average molecular weight is 238 g/mol. The van der Waals surface area contributed by atoms with Crippen molar-refractivity contribution >= 4 is 6.03 Å². The molecule has 2 aliphatic rings. The Morgan fingerprint density at radius 1 is 1.12 bits per heavy atom. The summed E-state index contributed by atoms with van der Waals surface area (Å²) >= 11 is 0. The SMILES string of the molecule is CC1CCC(NC(=O)N2CCC(C)C2)C(C)C1. The van der Waals surface area contributed by atoms with Crippen molar-refractivity contribution in [2.75, 3.05) is 13.1 Å². The zero-order valence-electron chi connectivity index (χ0n) is 11.4. The van der Waals surface area contributed by atoms with Crippen molar-refractivity contribution < 1.29 is 4.79 Å². The number of rotatable bonds is 1. The third kappa shape index (κ3) is 3.14. The lowest BCUT2D eigenvalue weighted by Gasteiger charge is -2.34. The lowest BCUT2D eigenvalue weighted by molar-refractivity contribution is 0.181. The number of carbonyl (C=O) groups excluding carboxylic acids is 1. The molecule has 2 rings (SSSR count). The van der Waals surface area contributed by atoms with Crippen molar-refractivity contribution in [3.05, 3.63) is 0 Å². The van der Waals surface area contributed by atoms with Gasteiger partial charge in [0.1, 0.15) is 0 Å². The van der Waals surface area contributed by atoms with Crippen molar-refractivity contribution in [2.24, 2.45) is 17.8 Å². The first-order valence-electron chi connectivity index (χ1n) is 7.11. The monoisotopic (exact) mass is 238 g/mol. The predicted octanol–water partition coefficient (Wildman–Crippen LogP) is 2.86. The fraction of sp³-hybridized carbons (Fsp3) is 0.929. The summed E-state index contributed by atoms with van der Waals surface area (Å²) in [6.45, 7) is 8.68. The van der Waals surface area contributed by atoms with Crippen molar-refractivity contribution in [2.45, 2.75) is 52.5 Å². The van der Waals surface area contributed by atoms with Gasteiger partial charge in [-0.3, -0.25) is 0 Å². The Morgan fingerprint density at radius 2 is 1.88 bits per heavy atom. The van der Waals surface area contributed by atoms with Gasteiger partial charge in [0.25, 0.3) is 0 Å². The molecule has 0 radical (unpaired) electrons. The van der Waals surface area contributed by atoms with Gasteiger partial charge in [-0.1, -0.05) is 20.8 Å². The molecule has 4 atom stereocenters. The Kier molecular flexibility index (Phi) is 3.95. The van der Waals surface area contributed by atoms with Gasteiger partial charge in [0, 0.05) is 19.1 Å². The summed E-state index contributed by atoms with van der Waals surface area (Å²) in [4.78, 5) is 14.1. The summed E-state index contributed by atoms with van der Waals surface area (Å²) in [5, 5.41) is 3.24. The third-order valence-corrected chi connectivity index (χ3v) is 4.45. The van der Waals surface area contributed by atoms with Crippen LogP contribution in [0.15, 0.2) is 0 Å². The van der Waals surface area contributed by atoms with Crippen LogP contribution in [0.5, 0.6) is 0 Å². The summed E-state index contributed by atoms with van der Waals surface area (Å²) in [5.41, 5.74) is 0. The number of nitrogens with one attached hydrogen (secondary N) is 1. The van der Waals surface area contributed by atoms with E-state index < -0.39 is 0 Å². The van der Waals surface area contributed by atoms with Crippen LogP contribution in [0.2, 0.25) is 0 Å². The van der Waals surface area contributed by atoms with Crippen molar-refractivity contribution in [1.82, 2.24) is 10.2 Å². The first-order chi connectivity index (χ1) is 8.06. The van der Waals surface area contributed by atoms with Crippen molar-refractivity contribution in [3.63, 3.8) is 0 Å². The van der Waals surface area contributed by atoms with Crippen molar-refractivity contribution in [1.29, 1.82) is 0 Å². The zero-order valence-corrected chi connectivity index (χ0v) is 11.4. The molecule has 1 aliphatic heterocycles. The number of likely N-dealkylation sites (tertiary alicyclic amines) is 1. The summed E-state index contributed by atoms with van der Waals surface area (Å²) in [6.07, 6.45) is 4.81. The van der Waals surface area contributed by atoms with E-state index in [-0.39, 0.29) is 6.03 Å².